The molecule has 0 bridgehead atoms. The molecule has 0 aromatic heterocycles. The van der Waals surface area contributed by atoms with E-state index in [1.54, 1.807) is 0 Å². The highest BCUT2D eigenvalue weighted by atomic mass is 16.3. The highest BCUT2D eigenvalue weighted by Crippen LogP contribution is 2.66. The smallest absolute Gasteiger partial charge is 0.0857 e. The van der Waals surface area contributed by atoms with Gasteiger partial charge >= 0.3 is 0 Å². The first kappa shape index (κ1) is 13.4. The minimum absolute atomic E-state index is 0.142. The molecular formula is C15H28O2. The second kappa shape index (κ2) is 5.71. The summed E-state index contributed by atoms with van der Waals surface area (Å²) >= 11 is 0. The number of hydrogen-bond acceptors (Lipinski definition) is 2. The predicted molar refractivity (Wildman–Crippen MR) is 69.8 cm³/mol. The molecule has 2 nitrogen and oxygen atoms in total. The van der Waals surface area contributed by atoms with E-state index in [4.69, 9.17) is 0 Å². The molecule has 0 radical (unpaired) electrons. The summed E-state index contributed by atoms with van der Waals surface area (Å²) in [6.07, 6.45) is 10.8. The van der Waals surface area contributed by atoms with Crippen LogP contribution in [0.1, 0.15) is 71.1 Å². The Morgan fingerprint density at radius 3 is 2.53 bits per heavy atom. The Bertz CT molecular complexity index is 241. The van der Waals surface area contributed by atoms with Gasteiger partial charge in [-0.3, -0.25) is 0 Å². The molecule has 0 heterocycles. The van der Waals surface area contributed by atoms with Crippen molar-refractivity contribution in [1.29, 1.82) is 0 Å². The standard InChI is InChI=1S/C15H28O2/c1-2-3-4-5-6-9-13(16)14(17)15-10-7-8-12(15)11-15/h12-14,16-17H,2-11H2,1H3. The number of aliphatic hydroxyl groups excluding tert-OH is 2. The second-order valence-electron chi connectivity index (χ2n) is 6.24. The first-order chi connectivity index (χ1) is 8.20. The second-order valence-corrected chi connectivity index (χ2v) is 6.24. The monoisotopic (exact) mass is 240 g/mol. The molecule has 2 aliphatic rings. The largest absolute Gasteiger partial charge is 0.390 e. The number of aliphatic hydroxyl groups is 2. The summed E-state index contributed by atoms with van der Waals surface area (Å²) in [6.45, 7) is 2.21. The highest BCUT2D eigenvalue weighted by Gasteiger charge is 2.62. The van der Waals surface area contributed by atoms with E-state index in [1.165, 1.54) is 44.9 Å². The number of hydrogen-bond donors (Lipinski definition) is 2. The van der Waals surface area contributed by atoms with Crippen LogP contribution in [0.2, 0.25) is 0 Å². The third-order valence-corrected chi connectivity index (χ3v) is 5.03. The van der Waals surface area contributed by atoms with E-state index in [0.29, 0.717) is 0 Å². The molecule has 2 rings (SSSR count). The Labute approximate surface area is 105 Å². The summed E-state index contributed by atoms with van der Waals surface area (Å²) in [4.78, 5) is 0. The van der Waals surface area contributed by atoms with Gasteiger partial charge in [-0.05, 0) is 31.6 Å². The topological polar surface area (TPSA) is 40.5 Å². The van der Waals surface area contributed by atoms with E-state index in [9.17, 15) is 10.2 Å². The van der Waals surface area contributed by atoms with Gasteiger partial charge in [-0.1, -0.05) is 45.4 Å². The molecular weight excluding hydrogens is 212 g/mol. The molecule has 0 aliphatic heterocycles. The summed E-state index contributed by atoms with van der Waals surface area (Å²) in [7, 11) is 0. The van der Waals surface area contributed by atoms with Crippen LogP contribution in [-0.4, -0.2) is 22.4 Å². The third-order valence-electron chi connectivity index (χ3n) is 5.03. The van der Waals surface area contributed by atoms with Crippen LogP contribution in [0.15, 0.2) is 0 Å². The van der Waals surface area contributed by atoms with Gasteiger partial charge in [0.05, 0.1) is 12.2 Å². The molecule has 4 atom stereocenters. The van der Waals surface area contributed by atoms with Gasteiger partial charge in [-0.2, -0.15) is 0 Å². The Hall–Kier alpha value is -0.0800. The van der Waals surface area contributed by atoms with Crippen LogP contribution in [0.3, 0.4) is 0 Å². The van der Waals surface area contributed by atoms with Crippen molar-refractivity contribution in [3.8, 4) is 0 Å². The molecule has 0 aromatic rings. The lowest BCUT2D eigenvalue weighted by Gasteiger charge is -2.25. The van der Waals surface area contributed by atoms with Gasteiger partial charge in [0.1, 0.15) is 0 Å². The van der Waals surface area contributed by atoms with E-state index in [2.05, 4.69) is 6.92 Å². The molecule has 2 saturated carbocycles. The predicted octanol–water partition coefficient (Wildman–Crippen LogP) is 3.26. The van der Waals surface area contributed by atoms with Crippen molar-refractivity contribution in [1.82, 2.24) is 0 Å². The fraction of sp³-hybridized carbons (Fsp3) is 1.00. The van der Waals surface area contributed by atoms with E-state index >= 15 is 0 Å². The van der Waals surface area contributed by atoms with Gasteiger partial charge < -0.3 is 10.2 Å². The molecule has 0 spiro atoms. The molecule has 4 unspecified atom stereocenters. The van der Waals surface area contributed by atoms with E-state index in [0.717, 1.165) is 25.2 Å². The van der Waals surface area contributed by atoms with Crippen molar-refractivity contribution in [2.24, 2.45) is 11.3 Å². The van der Waals surface area contributed by atoms with Crippen LogP contribution in [0, 0.1) is 11.3 Å². The normalized spacial score (nSPS) is 34.4. The minimum Gasteiger partial charge on any atom is -0.390 e. The van der Waals surface area contributed by atoms with Gasteiger partial charge in [-0.15, -0.1) is 0 Å². The summed E-state index contributed by atoms with van der Waals surface area (Å²) in [6, 6.07) is 0. The molecule has 0 amide bonds. The van der Waals surface area contributed by atoms with E-state index < -0.39 is 12.2 Å². The van der Waals surface area contributed by atoms with Crippen molar-refractivity contribution >= 4 is 0 Å². The highest BCUT2D eigenvalue weighted by molar-refractivity contribution is 5.11. The van der Waals surface area contributed by atoms with Gasteiger partial charge in [0, 0.05) is 5.41 Å². The SMILES string of the molecule is CCCCCCCC(O)C(O)C12CCCC1C2. The van der Waals surface area contributed by atoms with Crippen molar-refractivity contribution in [3.05, 3.63) is 0 Å². The molecule has 2 fully saturated rings. The van der Waals surface area contributed by atoms with Gasteiger partial charge in [0.25, 0.3) is 0 Å². The number of rotatable bonds is 8. The zero-order valence-corrected chi connectivity index (χ0v) is 11.2. The number of unbranched alkanes of at least 4 members (excludes halogenated alkanes) is 4. The molecule has 0 aromatic carbocycles. The zero-order chi connectivity index (χ0) is 12.3. The van der Waals surface area contributed by atoms with Gasteiger partial charge in [-0.25, -0.2) is 0 Å². The van der Waals surface area contributed by atoms with Crippen molar-refractivity contribution < 1.29 is 10.2 Å². The summed E-state index contributed by atoms with van der Waals surface area (Å²) in [5, 5.41) is 20.3. The third kappa shape index (κ3) is 2.85. The van der Waals surface area contributed by atoms with Crippen LogP contribution in [0.25, 0.3) is 0 Å². The summed E-state index contributed by atoms with van der Waals surface area (Å²) in [5.41, 5.74) is 0.142. The first-order valence-electron chi connectivity index (χ1n) is 7.57. The van der Waals surface area contributed by atoms with Gasteiger partial charge in [0.15, 0.2) is 0 Å². The van der Waals surface area contributed by atoms with Crippen LogP contribution in [-0.2, 0) is 0 Å². The Morgan fingerprint density at radius 1 is 1.18 bits per heavy atom. The lowest BCUT2D eigenvalue weighted by molar-refractivity contribution is -0.0340. The Morgan fingerprint density at radius 2 is 1.94 bits per heavy atom. The average Bonchev–Trinajstić information content (AvgIpc) is 2.90. The summed E-state index contributed by atoms with van der Waals surface area (Å²) in [5.74, 6) is 0.729. The molecule has 0 saturated heterocycles. The lowest BCUT2D eigenvalue weighted by Crippen LogP contribution is -2.34. The zero-order valence-electron chi connectivity index (χ0n) is 11.2. The lowest BCUT2D eigenvalue weighted by atomic mass is 9.89. The Kier molecular flexibility index (Phi) is 4.48. The van der Waals surface area contributed by atoms with Crippen molar-refractivity contribution in [2.45, 2.75) is 83.3 Å². The molecule has 17 heavy (non-hydrogen) atoms. The first-order valence-corrected chi connectivity index (χ1v) is 7.57. The maximum Gasteiger partial charge on any atom is 0.0857 e. The van der Waals surface area contributed by atoms with Crippen LogP contribution >= 0.6 is 0 Å². The van der Waals surface area contributed by atoms with Crippen molar-refractivity contribution in [2.75, 3.05) is 0 Å². The maximum atomic E-state index is 10.3. The molecule has 100 valence electrons. The maximum absolute atomic E-state index is 10.3. The van der Waals surface area contributed by atoms with E-state index in [-0.39, 0.29) is 5.41 Å². The number of fused-ring (bicyclic) bond motifs is 1. The fourth-order valence-electron chi connectivity index (χ4n) is 3.78. The average molecular weight is 240 g/mol. The van der Waals surface area contributed by atoms with E-state index in [1.807, 2.05) is 0 Å². The minimum atomic E-state index is -0.472. The van der Waals surface area contributed by atoms with Crippen LogP contribution in [0.4, 0.5) is 0 Å². The summed E-state index contributed by atoms with van der Waals surface area (Å²) < 4.78 is 0. The quantitative estimate of drug-likeness (QED) is 0.639. The molecule has 2 N–H and O–H groups in total. The molecule has 2 heteroatoms. The molecule has 2 aliphatic carbocycles. The Balaban J connectivity index is 1.64. The fourth-order valence-corrected chi connectivity index (χ4v) is 3.78. The van der Waals surface area contributed by atoms with Crippen LogP contribution < -0.4 is 0 Å². The van der Waals surface area contributed by atoms with Crippen molar-refractivity contribution in [3.63, 3.8) is 0 Å². The van der Waals surface area contributed by atoms with Crippen LogP contribution in [0.5, 0.6) is 0 Å². The van der Waals surface area contributed by atoms with Gasteiger partial charge in [0.2, 0.25) is 0 Å².